The lowest BCUT2D eigenvalue weighted by molar-refractivity contribution is -0.117. The third-order valence-corrected chi connectivity index (χ3v) is 4.96. The fourth-order valence-electron chi connectivity index (χ4n) is 3.58. The maximum absolute atomic E-state index is 12.3. The predicted octanol–water partition coefficient (Wildman–Crippen LogP) is 1.59. The van der Waals surface area contributed by atoms with Crippen LogP contribution in [0, 0.1) is 0 Å². The Balaban J connectivity index is 1.41. The molecule has 0 bridgehead atoms. The maximum atomic E-state index is 12.3. The van der Waals surface area contributed by atoms with Crippen molar-refractivity contribution in [3.8, 4) is 5.75 Å². The molecule has 1 atom stereocenters. The van der Waals surface area contributed by atoms with Crippen LogP contribution in [0.15, 0.2) is 24.3 Å². The average Bonchev–Trinajstić information content (AvgIpc) is 3.28. The SMILES string of the molecule is COc1cccc(N2C[C@H](NC(=O)NCCCN3CCCC3)CC2=O)c1. The second-order valence-corrected chi connectivity index (χ2v) is 6.91. The van der Waals surface area contributed by atoms with Crippen LogP contribution in [0.25, 0.3) is 0 Å². The standard InChI is InChI=1S/C19H28N4O3/c1-26-17-7-4-6-16(13-17)23-14-15(12-18(23)24)21-19(25)20-8-5-11-22-9-2-3-10-22/h4,6-7,13,15H,2-3,5,8-12,14H2,1H3,(H2,20,21,25)/t15-/m1/s1. The Kier molecular flexibility index (Phi) is 6.33. The number of ether oxygens (including phenoxy) is 1. The number of nitrogens with one attached hydrogen (secondary N) is 2. The summed E-state index contributed by atoms with van der Waals surface area (Å²) in [5, 5.41) is 5.80. The number of urea groups is 1. The molecule has 0 radical (unpaired) electrons. The van der Waals surface area contributed by atoms with Crippen molar-refractivity contribution in [1.29, 1.82) is 0 Å². The monoisotopic (exact) mass is 360 g/mol. The Hall–Kier alpha value is -2.28. The molecule has 142 valence electrons. The van der Waals surface area contributed by atoms with Crippen molar-refractivity contribution < 1.29 is 14.3 Å². The summed E-state index contributed by atoms with van der Waals surface area (Å²) in [6.07, 6.45) is 3.84. The van der Waals surface area contributed by atoms with Gasteiger partial charge in [0.15, 0.2) is 0 Å². The Labute approximate surface area is 154 Å². The van der Waals surface area contributed by atoms with Crippen LogP contribution in [-0.2, 0) is 4.79 Å². The largest absolute Gasteiger partial charge is 0.497 e. The highest BCUT2D eigenvalue weighted by atomic mass is 16.5. The van der Waals surface area contributed by atoms with Crippen LogP contribution in [0.2, 0.25) is 0 Å². The molecule has 2 saturated heterocycles. The van der Waals surface area contributed by atoms with Gasteiger partial charge in [0.1, 0.15) is 5.75 Å². The molecule has 2 N–H and O–H groups in total. The zero-order valence-corrected chi connectivity index (χ0v) is 15.4. The second-order valence-electron chi connectivity index (χ2n) is 6.91. The van der Waals surface area contributed by atoms with Crippen LogP contribution in [0.5, 0.6) is 5.75 Å². The predicted molar refractivity (Wildman–Crippen MR) is 101 cm³/mol. The lowest BCUT2D eigenvalue weighted by atomic mass is 10.2. The summed E-state index contributed by atoms with van der Waals surface area (Å²) in [5.41, 5.74) is 0.796. The van der Waals surface area contributed by atoms with E-state index in [-0.39, 0.29) is 18.0 Å². The molecule has 0 aromatic heterocycles. The van der Waals surface area contributed by atoms with E-state index in [0.29, 0.717) is 25.3 Å². The van der Waals surface area contributed by atoms with Crippen molar-refractivity contribution in [3.05, 3.63) is 24.3 Å². The zero-order valence-electron chi connectivity index (χ0n) is 15.4. The van der Waals surface area contributed by atoms with Gasteiger partial charge in [0, 0.05) is 31.3 Å². The summed E-state index contributed by atoms with van der Waals surface area (Å²) in [6, 6.07) is 7.04. The molecular formula is C19H28N4O3. The van der Waals surface area contributed by atoms with E-state index in [1.807, 2.05) is 24.3 Å². The van der Waals surface area contributed by atoms with Crippen LogP contribution in [0.3, 0.4) is 0 Å². The molecule has 7 nitrogen and oxygen atoms in total. The molecule has 3 amide bonds. The van der Waals surface area contributed by atoms with E-state index < -0.39 is 0 Å². The molecule has 0 aliphatic carbocycles. The maximum Gasteiger partial charge on any atom is 0.315 e. The van der Waals surface area contributed by atoms with Crippen molar-refractivity contribution >= 4 is 17.6 Å². The molecule has 26 heavy (non-hydrogen) atoms. The molecule has 1 aromatic carbocycles. The number of hydrogen-bond donors (Lipinski definition) is 2. The highest BCUT2D eigenvalue weighted by Crippen LogP contribution is 2.25. The number of anilines is 1. The van der Waals surface area contributed by atoms with E-state index in [4.69, 9.17) is 4.74 Å². The number of benzene rings is 1. The van der Waals surface area contributed by atoms with Crippen LogP contribution in [0.4, 0.5) is 10.5 Å². The van der Waals surface area contributed by atoms with Gasteiger partial charge in [0.2, 0.25) is 5.91 Å². The Bertz CT molecular complexity index is 631. The molecule has 2 heterocycles. The van der Waals surface area contributed by atoms with Gasteiger partial charge in [-0.3, -0.25) is 4.79 Å². The van der Waals surface area contributed by atoms with E-state index in [0.717, 1.165) is 18.7 Å². The molecule has 1 aromatic rings. The van der Waals surface area contributed by atoms with Gasteiger partial charge in [-0.1, -0.05) is 6.07 Å². The van der Waals surface area contributed by atoms with E-state index in [2.05, 4.69) is 15.5 Å². The fourth-order valence-corrected chi connectivity index (χ4v) is 3.58. The number of rotatable bonds is 7. The van der Waals surface area contributed by atoms with Gasteiger partial charge >= 0.3 is 6.03 Å². The minimum absolute atomic E-state index is 0.0117. The highest BCUT2D eigenvalue weighted by molar-refractivity contribution is 5.97. The topological polar surface area (TPSA) is 73.9 Å². The minimum atomic E-state index is -0.197. The van der Waals surface area contributed by atoms with Gasteiger partial charge in [-0.25, -0.2) is 4.79 Å². The van der Waals surface area contributed by atoms with Crippen molar-refractivity contribution in [1.82, 2.24) is 15.5 Å². The van der Waals surface area contributed by atoms with Crippen LogP contribution in [0.1, 0.15) is 25.7 Å². The third kappa shape index (κ3) is 4.88. The summed E-state index contributed by atoms with van der Waals surface area (Å²) < 4.78 is 5.21. The fraction of sp³-hybridized carbons (Fsp3) is 0.579. The number of nitrogens with zero attached hydrogens (tertiary/aromatic N) is 2. The van der Waals surface area contributed by atoms with E-state index in [1.165, 1.54) is 25.9 Å². The smallest absolute Gasteiger partial charge is 0.315 e. The number of methoxy groups -OCH3 is 1. The summed E-state index contributed by atoms with van der Waals surface area (Å²) in [5.74, 6) is 0.722. The van der Waals surface area contributed by atoms with E-state index >= 15 is 0 Å². The highest BCUT2D eigenvalue weighted by Gasteiger charge is 2.31. The molecule has 2 aliphatic heterocycles. The first-order valence-corrected chi connectivity index (χ1v) is 9.37. The number of carbonyl (C=O) groups excluding carboxylic acids is 2. The van der Waals surface area contributed by atoms with Gasteiger partial charge in [0.25, 0.3) is 0 Å². The van der Waals surface area contributed by atoms with Crippen molar-refractivity contribution in [2.75, 3.05) is 44.7 Å². The van der Waals surface area contributed by atoms with E-state index in [1.54, 1.807) is 12.0 Å². The van der Waals surface area contributed by atoms with Gasteiger partial charge in [-0.2, -0.15) is 0 Å². The molecule has 0 saturated carbocycles. The third-order valence-electron chi connectivity index (χ3n) is 4.96. The van der Waals surface area contributed by atoms with Crippen molar-refractivity contribution in [2.24, 2.45) is 0 Å². The lowest BCUT2D eigenvalue weighted by Gasteiger charge is -2.18. The Morgan fingerprint density at radius 1 is 1.31 bits per heavy atom. The number of hydrogen-bond acceptors (Lipinski definition) is 4. The second kappa shape index (κ2) is 8.89. The van der Waals surface area contributed by atoms with Crippen molar-refractivity contribution in [2.45, 2.75) is 31.7 Å². The summed E-state index contributed by atoms with van der Waals surface area (Å²) in [7, 11) is 1.60. The number of likely N-dealkylation sites (tertiary alicyclic amines) is 1. The Morgan fingerprint density at radius 2 is 2.12 bits per heavy atom. The molecule has 0 spiro atoms. The van der Waals surface area contributed by atoms with Gasteiger partial charge < -0.3 is 25.2 Å². The zero-order chi connectivity index (χ0) is 18.4. The first-order valence-electron chi connectivity index (χ1n) is 9.37. The van der Waals surface area contributed by atoms with Crippen LogP contribution in [-0.4, -0.2) is 62.7 Å². The average molecular weight is 360 g/mol. The van der Waals surface area contributed by atoms with Gasteiger partial charge in [-0.15, -0.1) is 0 Å². The van der Waals surface area contributed by atoms with Crippen LogP contribution < -0.4 is 20.3 Å². The molecule has 2 fully saturated rings. The first kappa shape index (κ1) is 18.5. The number of carbonyl (C=O) groups is 2. The number of amides is 3. The van der Waals surface area contributed by atoms with Gasteiger partial charge in [0.05, 0.1) is 13.2 Å². The lowest BCUT2D eigenvalue weighted by Crippen LogP contribution is -2.44. The first-order chi connectivity index (χ1) is 12.7. The quantitative estimate of drug-likeness (QED) is 0.724. The summed E-state index contributed by atoms with van der Waals surface area (Å²) in [6.45, 7) is 4.52. The molecule has 0 unspecified atom stereocenters. The molecule has 7 heteroatoms. The summed E-state index contributed by atoms with van der Waals surface area (Å²) in [4.78, 5) is 28.5. The summed E-state index contributed by atoms with van der Waals surface area (Å²) >= 11 is 0. The normalized spacial score (nSPS) is 20.4. The Morgan fingerprint density at radius 3 is 2.88 bits per heavy atom. The molecular weight excluding hydrogens is 332 g/mol. The van der Waals surface area contributed by atoms with Crippen molar-refractivity contribution in [3.63, 3.8) is 0 Å². The van der Waals surface area contributed by atoms with Crippen LogP contribution >= 0.6 is 0 Å². The molecule has 3 rings (SSSR count). The van der Waals surface area contributed by atoms with Gasteiger partial charge in [-0.05, 0) is 51.0 Å². The minimum Gasteiger partial charge on any atom is -0.497 e. The molecule has 2 aliphatic rings. The van der Waals surface area contributed by atoms with E-state index in [9.17, 15) is 9.59 Å².